The number of alkyl halides is 3. The van der Waals surface area contributed by atoms with E-state index in [4.69, 9.17) is 5.26 Å². The number of hydrogen-bond acceptors (Lipinski definition) is 2. The SMILES string of the molecule is CC1CC(C#N)(C(=O)NCCC(F)(F)F)C1. The van der Waals surface area contributed by atoms with Crippen LogP contribution in [0.4, 0.5) is 13.2 Å². The lowest BCUT2D eigenvalue weighted by atomic mass is 9.63. The molecule has 0 spiro atoms. The monoisotopic (exact) mass is 234 g/mol. The molecule has 0 bridgehead atoms. The van der Waals surface area contributed by atoms with Crippen molar-refractivity contribution in [3.63, 3.8) is 0 Å². The zero-order chi connectivity index (χ0) is 12.4. The highest BCUT2D eigenvalue weighted by Crippen LogP contribution is 2.45. The van der Waals surface area contributed by atoms with Gasteiger partial charge in [0, 0.05) is 6.54 Å². The first-order valence-electron chi connectivity index (χ1n) is 5.05. The summed E-state index contributed by atoms with van der Waals surface area (Å²) in [7, 11) is 0. The van der Waals surface area contributed by atoms with Gasteiger partial charge in [-0.15, -0.1) is 0 Å². The maximum atomic E-state index is 11.8. The van der Waals surface area contributed by atoms with Crippen LogP contribution in [0, 0.1) is 22.7 Å². The summed E-state index contributed by atoms with van der Waals surface area (Å²) in [6, 6.07) is 1.90. The predicted octanol–water partition coefficient (Wildman–Crippen LogP) is 1.99. The minimum Gasteiger partial charge on any atom is -0.354 e. The Bertz CT molecular complexity index is 313. The summed E-state index contributed by atoms with van der Waals surface area (Å²) in [4.78, 5) is 11.5. The van der Waals surface area contributed by atoms with E-state index in [0.29, 0.717) is 12.8 Å². The number of nitriles is 1. The summed E-state index contributed by atoms with van der Waals surface area (Å²) in [6.45, 7) is 1.44. The number of nitrogens with one attached hydrogen (secondary N) is 1. The van der Waals surface area contributed by atoms with Crippen molar-refractivity contribution in [1.82, 2.24) is 5.32 Å². The van der Waals surface area contributed by atoms with Gasteiger partial charge in [0.1, 0.15) is 5.41 Å². The van der Waals surface area contributed by atoms with Crippen molar-refractivity contribution in [2.45, 2.75) is 32.4 Å². The first-order valence-corrected chi connectivity index (χ1v) is 5.05. The van der Waals surface area contributed by atoms with Crippen LogP contribution in [0.2, 0.25) is 0 Å². The Morgan fingerprint density at radius 1 is 1.56 bits per heavy atom. The van der Waals surface area contributed by atoms with E-state index >= 15 is 0 Å². The predicted molar refractivity (Wildman–Crippen MR) is 50.1 cm³/mol. The maximum Gasteiger partial charge on any atom is 0.390 e. The van der Waals surface area contributed by atoms with Crippen LogP contribution in [0.15, 0.2) is 0 Å². The Balaban J connectivity index is 2.39. The molecular formula is C10H13F3N2O. The van der Waals surface area contributed by atoms with E-state index in [9.17, 15) is 18.0 Å². The van der Waals surface area contributed by atoms with Crippen LogP contribution in [0.3, 0.4) is 0 Å². The molecule has 3 nitrogen and oxygen atoms in total. The molecule has 6 heteroatoms. The van der Waals surface area contributed by atoms with Crippen LogP contribution >= 0.6 is 0 Å². The highest BCUT2D eigenvalue weighted by atomic mass is 19.4. The first-order chi connectivity index (χ1) is 7.29. The van der Waals surface area contributed by atoms with Gasteiger partial charge in [0.25, 0.3) is 0 Å². The summed E-state index contributed by atoms with van der Waals surface area (Å²) in [5.41, 5.74) is -1.09. The molecule has 0 aromatic carbocycles. The second-order valence-electron chi connectivity index (χ2n) is 4.33. The zero-order valence-corrected chi connectivity index (χ0v) is 8.90. The van der Waals surface area contributed by atoms with E-state index in [1.807, 2.05) is 13.0 Å². The van der Waals surface area contributed by atoms with E-state index in [-0.39, 0.29) is 5.92 Å². The largest absolute Gasteiger partial charge is 0.390 e. The average molecular weight is 234 g/mol. The van der Waals surface area contributed by atoms with E-state index in [2.05, 4.69) is 5.32 Å². The number of carbonyl (C=O) groups excluding carboxylic acids is 1. The van der Waals surface area contributed by atoms with Gasteiger partial charge >= 0.3 is 6.18 Å². The molecule has 1 saturated carbocycles. The number of halogens is 3. The van der Waals surface area contributed by atoms with E-state index in [1.54, 1.807) is 0 Å². The van der Waals surface area contributed by atoms with Crippen LogP contribution in [-0.4, -0.2) is 18.6 Å². The highest BCUT2D eigenvalue weighted by molar-refractivity contribution is 5.86. The third kappa shape index (κ3) is 2.87. The summed E-state index contributed by atoms with van der Waals surface area (Å²) < 4.78 is 35.5. The number of carbonyl (C=O) groups is 1. The molecule has 0 aromatic heterocycles. The van der Waals surface area contributed by atoms with Crippen LogP contribution < -0.4 is 5.32 Å². The minimum atomic E-state index is -4.28. The lowest BCUT2D eigenvalue weighted by Crippen LogP contribution is -2.48. The fourth-order valence-corrected chi connectivity index (χ4v) is 1.94. The van der Waals surface area contributed by atoms with Gasteiger partial charge in [0.15, 0.2) is 0 Å². The summed E-state index contributed by atoms with van der Waals surface area (Å²) >= 11 is 0. The van der Waals surface area contributed by atoms with Gasteiger partial charge in [-0.2, -0.15) is 18.4 Å². The zero-order valence-electron chi connectivity index (χ0n) is 8.90. The Hall–Kier alpha value is -1.25. The molecule has 0 heterocycles. The molecule has 1 aliphatic rings. The average Bonchev–Trinajstić information content (AvgIpc) is 2.10. The summed E-state index contributed by atoms with van der Waals surface area (Å²) in [6.07, 6.45) is -4.47. The maximum absolute atomic E-state index is 11.8. The minimum absolute atomic E-state index is 0.285. The quantitative estimate of drug-likeness (QED) is 0.811. The lowest BCUT2D eigenvalue weighted by molar-refractivity contribution is -0.140. The fraction of sp³-hybridized carbons (Fsp3) is 0.800. The molecule has 1 N–H and O–H groups in total. The van der Waals surface area contributed by atoms with E-state index in [1.165, 1.54) is 0 Å². The molecule has 90 valence electrons. The molecule has 16 heavy (non-hydrogen) atoms. The number of amides is 1. The standard InChI is InChI=1S/C10H13F3N2O/c1-7-4-9(5-7,6-14)8(16)15-3-2-10(11,12)13/h7H,2-5H2,1H3,(H,15,16). The molecule has 1 amide bonds. The molecule has 0 aliphatic heterocycles. The molecule has 1 rings (SSSR count). The van der Waals surface area contributed by atoms with Crippen molar-refractivity contribution >= 4 is 5.91 Å². The smallest absolute Gasteiger partial charge is 0.354 e. The van der Waals surface area contributed by atoms with Gasteiger partial charge in [0.05, 0.1) is 12.5 Å². The second-order valence-corrected chi connectivity index (χ2v) is 4.33. The third-order valence-electron chi connectivity index (χ3n) is 2.74. The Morgan fingerprint density at radius 2 is 2.12 bits per heavy atom. The molecule has 0 unspecified atom stereocenters. The van der Waals surface area contributed by atoms with Crippen molar-refractivity contribution in [1.29, 1.82) is 5.26 Å². The van der Waals surface area contributed by atoms with Crippen LogP contribution in [-0.2, 0) is 4.79 Å². The van der Waals surface area contributed by atoms with Gasteiger partial charge in [-0.25, -0.2) is 0 Å². The van der Waals surface area contributed by atoms with Crippen molar-refractivity contribution < 1.29 is 18.0 Å². The van der Waals surface area contributed by atoms with Crippen LogP contribution in [0.1, 0.15) is 26.2 Å². The summed E-state index contributed by atoms with van der Waals surface area (Å²) in [5, 5.41) is 11.0. The van der Waals surface area contributed by atoms with Crippen LogP contribution in [0.25, 0.3) is 0 Å². The Kier molecular flexibility index (Phi) is 3.46. The molecule has 1 aliphatic carbocycles. The normalized spacial score (nSPS) is 29.1. The number of rotatable bonds is 3. The third-order valence-corrected chi connectivity index (χ3v) is 2.74. The molecule has 0 aromatic rings. The van der Waals surface area contributed by atoms with Crippen molar-refractivity contribution in [3.05, 3.63) is 0 Å². The molecule has 0 radical (unpaired) electrons. The van der Waals surface area contributed by atoms with Crippen molar-refractivity contribution in [3.8, 4) is 6.07 Å². The molecular weight excluding hydrogens is 221 g/mol. The number of hydrogen-bond donors (Lipinski definition) is 1. The molecule has 0 saturated heterocycles. The fourth-order valence-electron chi connectivity index (χ4n) is 1.94. The molecule has 1 fully saturated rings. The van der Waals surface area contributed by atoms with Gasteiger partial charge in [-0.1, -0.05) is 6.92 Å². The lowest BCUT2D eigenvalue weighted by Gasteiger charge is -2.39. The Labute approximate surface area is 91.6 Å². The van der Waals surface area contributed by atoms with Crippen molar-refractivity contribution in [2.24, 2.45) is 11.3 Å². The first kappa shape index (κ1) is 12.8. The molecule has 0 atom stereocenters. The van der Waals surface area contributed by atoms with Gasteiger partial charge in [-0.3, -0.25) is 4.79 Å². The summed E-state index contributed by atoms with van der Waals surface area (Å²) in [5.74, 6) is -0.287. The second kappa shape index (κ2) is 4.32. The van der Waals surface area contributed by atoms with Crippen molar-refractivity contribution in [2.75, 3.05) is 6.54 Å². The van der Waals surface area contributed by atoms with Gasteiger partial charge in [-0.05, 0) is 18.8 Å². The van der Waals surface area contributed by atoms with Gasteiger partial charge in [0.2, 0.25) is 5.91 Å². The number of nitrogens with zero attached hydrogens (tertiary/aromatic N) is 1. The highest BCUT2D eigenvalue weighted by Gasteiger charge is 2.48. The van der Waals surface area contributed by atoms with Crippen LogP contribution in [0.5, 0.6) is 0 Å². The van der Waals surface area contributed by atoms with E-state index in [0.717, 1.165) is 0 Å². The topological polar surface area (TPSA) is 52.9 Å². The van der Waals surface area contributed by atoms with E-state index < -0.39 is 30.5 Å². The Morgan fingerprint density at radius 3 is 2.50 bits per heavy atom. The van der Waals surface area contributed by atoms with Gasteiger partial charge < -0.3 is 5.32 Å².